The van der Waals surface area contributed by atoms with Crippen molar-refractivity contribution in [2.75, 3.05) is 24.7 Å². The van der Waals surface area contributed by atoms with E-state index in [-0.39, 0.29) is 40.7 Å². The molecule has 0 aliphatic carbocycles. The molecule has 0 spiro atoms. The normalized spacial score (nSPS) is 30.4. The number of nitrogens with one attached hydrogen (secondary N) is 1. The third-order valence-electron chi connectivity index (χ3n) is 6.89. The number of anilines is 2. The molecule has 0 aromatic carbocycles. The van der Waals surface area contributed by atoms with Gasteiger partial charge >= 0.3 is 13.9 Å². The molecular weight excluding hydrogens is 621 g/mol. The van der Waals surface area contributed by atoms with Crippen LogP contribution in [0.3, 0.4) is 0 Å². The number of nitrogens with two attached hydrogens (primary N) is 2. The molecule has 238 valence electrons. The molecule has 23 heteroatoms. The highest BCUT2D eigenvalue weighted by Gasteiger charge is 2.51. The van der Waals surface area contributed by atoms with Crippen LogP contribution < -0.4 is 17.0 Å². The summed E-state index contributed by atoms with van der Waals surface area (Å²) in [6.45, 7) is 0.827. The van der Waals surface area contributed by atoms with Crippen molar-refractivity contribution in [2.45, 2.75) is 56.3 Å². The van der Waals surface area contributed by atoms with Gasteiger partial charge in [0.2, 0.25) is 5.95 Å². The number of fused-ring (bicyclic) bond motifs is 2. The number of phosphoric acid groups is 1. The second kappa shape index (κ2) is 11.3. The van der Waals surface area contributed by atoms with E-state index in [9.17, 15) is 28.9 Å². The van der Waals surface area contributed by atoms with Crippen molar-refractivity contribution in [1.82, 2.24) is 39.0 Å². The lowest BCUT2D eigenvalue weighted by Gasteiger charge is -2.25. The Bertz CT molecular complexity index is 1810. The summed E-state index contributed by atoms with van der Waals surface area (Å²) in [5, 5.41) is 20.6. The summed E-state index contributed by atoms with van der Waals surface area (Å²) >= 11 is 0. The Labute approximate surface area is 243 Å². The first-order chi connectivity index (χ1) is 20.9. The monoisotopic (exact) mass is 646 g/mol. The molecule has 4 aromatic heterocycles. The van der Waals surface area contributed by atoms with Gasteiger partial charge in [0.1, 0.15) is 24.4 Å². The smallest absolute Gasteiger partial charge is 0.385 e. The average Bonchev–Trinajstić information content (AvgIpc) is 3.70. The predicted octanol–water partition coefficient (Wildman–Crippen LogP) is -1.39. The molecule has 0 amide bonds. The molecule has 2 aliphatic heterocycles. The topological polar surface area (TPSA) is 283 Å². The molecule has 2 saturated heterocycles. The quantitative estimate of drug-likeness (QED) is 0.0901. The molecule has 8 N–H and O–H groups in total. The highest BCUT2D eigenvalue weighted by Crippen LogP contribution is 2.50. The lowest BCUT2D eigenvalue weighted by atomic mass is 10.1. The predicted molar refractivity (Wildman–Crippen MR) is 139 cm³/mol. The molecule has 6 rings (SSSR count). The molecule has 20 nitrogen and oxygen atoms in total. The van der Waals surface area contributed by atoms with Gasteiger partial charge < -0.3 is 40.8 Å². The summed E-state index contributed by atoms with van der Waals surface area (Å²) < 4.78 is 71.4. The maximum Gasteiger partial charge on any atom is 0.472 e. The maximum atomic E-state index is 15.6. The van der Waals surface area contributed by atoms with Gasteiger partial charge in [0.05, 0.1) is 19.3 Å². The van der Waals surface area contributed by atoms with E-state index >= 15 is 4.39 Å². The molecule has 9 unspecified atom stereocenters. The Hall–Kier alpha value is -3.73. The number of nitrogens with zero attached hydrogens (tertiary/aromatic N) is 7. The third-order valence-corrected chi connectivity index (χ3v) is 7.88. The summed E-state index contributed by atoms with van der Waals surface area (Å²) in [4.78, 5) is 43.8. The van der Waals surface area contributed by atoms with Crippen LogP contribution in [-0.4, -0.2) is 104 Å². The van der Waals surface area contributed by atoms with Gasteiger partial charge in [-0.25, -0.2) is 18.9 Å². The first-order valence-corrected chi connectivity index (χ1v) is 14.3. The highest BCUT2D eigenvalue weighted by molar-refractivity contribution is 7.47. The fourth-order valence-electron chi connectivity index (χ4n) is 4.99. The van der Waals surface area contributed by atoms with E-state index < -0.39 is 75.4 Å². The number of aromatic nitrogens is 8. The van der Waals surface area contributed by atoms with E-state index in [2.05, 4.69) is 29.9 Å². The van der Waals surface area contributed by atoms with Crippen molar-refractivity contribution >= 4 is 41.9 Å². The summed E-state index contributed by atoms with van der Waals surface area (Å²) in [6, 6.07) is 0. The van der Waals surface area contributed by atoms with E-state index in [0.717, 1.165) is 21.8 Å². The van der Waals surface area contributed by atoms with E-state index in [4.69, 9.17) is 34.7 Å². The van der Waals surface area contributed by atoms with Crippen LogP contribution in [0.15, 0.2) is 17.4 Å². The van der Waals surface area contributed by atoms with Crippen LogP contribution in [0.25, 0.3) is 22.3 Å². The summed E-state index contributed by atoms with van der Waals surface area (Å²) in [7, 11) is -5.14. The van der Waals surface area contributed by atoms with Crippen LogP contribution in [0.1, 0.15) is 19.4 Å². The summed E-state index contributed by atoms with van der Waals surface area (Å²) in [5.41, 5.74) is 10.1. The highest BCUT2D eigenvalue weighted by atomic mass is 31.2. The van der Waals surface area contributed by atoms with Gasteiger partial charge in [0.15, 0.2) is 53.1 Å². The number of hydrogen-bond donors (Lipinski definition) is 6. The maximum absolute atomic E-state index is 15.6. The summed E-state index contributed by atoms with van der Waals surface area (Å²) in [5.74, 6) is -0.567. The van der Waals surface area contributed by atoms with Gasteiger partial charge in [0, 0.05) is 6.61 Å². The van der Waals surface area contributed by atoms with E-state index in [1.54, 1.807) is 6.92 Å². The molecule has 0 bridgehead atoms. The van der Waals surface area contributed by atoms with Crippen LogP contribution in [0.5, 0.6) is 0 Å². The van der Waals surface area contributed by atoms with Crippen molar-refractivity contribution in [1.29, 1.82) is 0 Å². The van der Waals surface area contributed by atoms with Crippen molar-refractivity contribution in [2.24, 2.45) is 0 Å². The summed E-state index contributed by atoms with van der Waals surface area (Å²) in [6.07, 6.45) is -12.2. The number of imidazole rings is 2. The Balaban J connectivity index is 1.21. The molecule has 2 aliphatic rings. The zero-order chi connectivity index (χ0) is 31.5. The van der Waals surface area contributed by atoms with Crippen molar-refractivity contribution < 1.29 is 51.7 Å². The number of aliphatic hydroxyl groups is 2. The van der Waals surface area contributed by atoms with Crippen LogP contribution in [0, 0.1) is 6.08 Å². The Kier molecular flexibility index (Phi) is 7.80. The van der Waals surface area contributed by atoms with Crippen molar-refractivity contribution in [3.8, 4) is 0 Å². The van der Waals surface area contributed by atoms with Gasteiger partial charge in [-0.05, 0) is 6.92 Å². The fraction of sp³-hybridized carbons (Fsp3) is 0.524. The molecule has 0 radical (unpaired) electrons. The number of H-pyrrole nitrogens is 1. The standard InChI is InChI=1S/C21H25F2N10O10P/c1-2-39-11-6(41-17(7(11)22)32-4-26-8-13(24)28-20(23)29-14(8)32)3-40-44(37,38)43-12-10(34)19(36)42-18(12)33-5-27-9-15(33)30-21(25)31-16(9)35/h4-7,10-12,17-19,34,36H,2-3H2,1H3,(H,37,38)(H2,24,28,29)(H3,25,30,31,35). The lowest BCUT2D eigenvalue weighted by Crippen LogP contribution is -2.35. The first kappa shape index (κ1) is 30.3. The second-order valence-electron chi connectivity index (χ2n) is 9.65. The number of nitrogen functional groups attached to an aromatic ring is 2. The van der Waals surface area contributed by atoms with Gasteiger partial charge in [-0.1, -0.05) is 0 Å². The van der Waals surface area contributed by atoms with E-state index in [1.165, 1.54) is 0 Å². The number of aliphatic hydroxyl groups excluding tert-OH is 2. The molecule has 4 aromatic rings. The number of rotatable bonds is 9. The van der Waals surface area contributed by atoms with Gasteiger partial charge in [-0.2, -0.15) is 19.3 Å². The second-order valence-corrected chi connectivity index (χ2v) is 11.1. The number of halogens is 2. The number of alkyl halides is 1. The Morgan fingerprint density at radius 1 is 1.07 bits per heavy atom. The SMILES string of the molecule is CCOC1C(COP(=O)(O)OC2C(O)C(O)OC2n2cnc3c(=O)[nH]c(N)nc32)OC(n2cnc3c(N)nc(F)nc32)C1F. The zero-order valence-corrected chi connectivity index (χ0v) is 23.3. The molecule has 44 heavy (non-hydrogen) atoms. The van der Waals surface area contributed by atoms with Crippen molar-refractivity contribution in [3.05, 3.63) is 29.1 Å². The van der Waals surface area contributed by atoms with Crippen molar-refractivity contribution in [3.63, 3.8) is 0 Å². The average molecular weight is 646 g/mol. The number of ether oxygens (including phenoxy) is 3. The lowest BCUT2D eigenvalue weighted by molar-refractivity contribution is -0.141. The number of phosphoric ester groups is 1. The number of hydrogen-bond acceptors (Lipinski definition) is 16. The molecule has 2 fully saturated rings. The van der Waals surface area contributed by atoms with Crippen LogP contribution in [0.4, 0.5) is 20.5 Å². The van der Waals surface area contributed by atoms with Crippen LogP contribution >= 0.6 is 7.82 Å². The van der Waals surface area contributed by atoms with Gasteiger partial charge in [-0.15, -0.1) is 0 Å². The number of aromatic amines is 1. The van der Waals surface area contributed by atoms with Crippen LogP contribution in [0.2, 0.25) is 0 Å². The molecule has 6 heterocycles. The Morgan fingerprint density at radius 2 is 1.75 bits per heavy atom. The van der Waals surface area contributed by atoms with E-state index in [1.807, 2.05) is 0 Å². The zero-order valence-electron chi connectivity index (χ0n) is 22.4. The third kappa shape index (κ3) is 5.29. The largest absolute Gasteiger partial charge is 0.472 e. The molecule has 9 atom stereocenters. The minimum atomic E-state index is -5.14. The fourth-order valence-corrected chi connectivity index (χ4v) is 5.92. The molecule has 0 saturated carbocycles. The minimum absolute atomic E-state index is 0.00892. The van der Waals surface area contributed by atoms with Crippen LogP contribution in [-0.2, 0) is 27.8 Å². The van der Waals surface area contributed by atoms with Gasteiger partial charge in [-0.3, -0.25) is 28.0 Å². The molecular formula is C21H25F2N10O10P. The minimum Gasteiger partial charge on any atom is -0.385 e. The van der Waals surface area contributed by atoms with Gasteiger partial charge in [0.25, 0.3) is 5.56 Å². The Morgan fingerprint density at radius 3 is 2.48 bits per heavy atom. The first-order valence-electron chi connectivity index (χ1n) is 12.8. The van der Waals surface area contributed by atoms with E-state index in [0.29, 0.717) is 0 Å².